The second kappa shape index (κ2) is 6.75. The number of carbonyl (C=O) groups excluding carboxylic acids is 1. The van der Waals surface area contributed by atoms with Crippen LogP contribution in [0.2, 0.25) is 0 Å². The van der Waals surface area contributed by atoms with Crippen LogP contribution < -0.4 is 5.32 Å². The number of hydrogen-bond acceptors (Lipinski definition) is 3. The summed E-state index contributed by atoms with van der Waals surface area (Å²) >= 11 is 4.90. The molecule has 1 aromatic heterocycles. The van der Waals surface area contributed by atoms with E-state index in [2.05, 4.69) is 21.2 Å². The lowest BCUT2D eigenvalue weighted by molar-refractivity contribution is -0.139. The van der Waals surface area contributed by atoms with Gasteiger partial charge in [0.1, 0.15) is 6.04 Å². The number of carboxylic acids is 1. The van der Waals surface area contributed by atoms with Gasteiger partial charge >= 0.3 is 12.0 Å². The minimum Gasteiger partial charge on any atom is -0.480 e. The van der Waals surface area contributed by atoms with E-state index in [1.54, 1.807) is 25.3 Å². The summed E-state index contributed by atoms with van der Waals surface area (Å²) < 4.78 is 1.00. The molecule has 100 valence electrons. The summed E-state index contributed by atoms with van der Waals surface area (Å²) in [5.41, 5.74) is 1.01. The number of halogens is 1. The Hall–Kier alpha value is -1.08. The Labute approximate surface area is 118 Å². The largest absolute Gasteiger partial charge is 0.480 e. The molecule has 0 saturated carbocycles. The lowest BCUT2D eigenvalue weighted by Crippen LogP contribution is -2.46. The predicted molar refractivity (Wildman–Crippen MR) is 73.7 cm³/mol. The zero-order valence-electron chi connectivity index (χ0n) is 10.1. The molecule has 2 N–H and O–H groups in total. The lowest BCUT2D eigenvalue weighted by atomic mass is 10.2. The van der Waals surface area contributed by atoms with Gasteiger partial charge in [-0.05, 0) is 39.4 Å². The Balaban J connectivity index is 2.53. The van der Waals surface area contributed by atoms with Gasteiger partial charge in [-0.3, -0.25) is 0 Å². The summed E-state index contributed by atoms with van der Waals surface area (Å²) in [7, 11) is 1.63. The van der Waals surface area contributed by atoms with Crippen molar-refractivity contribution in [2.75, 3.05) is 7.05 Å². The van der Waals surface area contributed by atoms with Crippen LogP contribution in [0.1, 0.15) is 18.9 Å². The van der Waals surface area contributed by atoms with Gasteiger partial charge in [0, 0.05) is 13.6 Å². The molecule has 0 bridgehead atoms. The van der Waals surface area contributed by atoms with Crippen molar-refractivity contribution in [3.63, 3.8) is 0 Å². The summed E-state index contributed by atoms with van der Waals surface area (Å²) in [6.45, 7) is 2.17. The van der Waals surface area contributed by atoms with Gasteiger partial charge in [-0.2, -0.15) is 0 Å². The first-order valence-electron chi connectivity index (χ1n) is 5.41. The average molecular weight is 335 g/mol. The van der Waals surface area contributed by atoms with Gasteiger partial charge in [0.2, 0.25) is 0 Å². The third-order valence-corrected chi connectivity index (χ3v) is 3.95. The molecular weight excluding hydrogens is 320 g/mol. The molecule has 1 aromatic rings. The average Bonchev–Trinajstić information content (AvgIpc) is 2.70. The zero-order valence-corrected chi connectivity index (χ0v) is 12.5. The predicted octanol–water partition coefficient (Wildman–Crippen LogP) is 2.52. The van der Waals surface area contributed by atoms with E-state index in [9.17, 15) is 9.59 Å². The molecule has 2 amide bonds. The van der Waals surface area contributed by atoms with Crippen molar-refractivity contribution in [2.24, 2.45) is 0 Å². The van der Waals surface area contributed by atoms with Crippen molar-refractivity contribution in [3.05, 3.63) is 20.8 Å². The molecular formula is C11H15BrN2O3S. The lowest BCUT2D eigenvalue weighted by Gasteiger charge is -2.20. The van der Waals surface area contributed by atoms with Crippen LogP contribution in [0.5, 0.6) is 0 Å². The van der Waals surface area contributed by atoms with E-state index in [4.69, 9.17) is 5.11 Å². The fourth-order valence-electron chi connectivity index (χ4n) is 1.37. The number of urea groups is 1. The van der Waals surface area contributed by atoms with Crippen molar-refractivity contribution in [3.8, 4) is 0 Å². The van der Waals surface area contributed by atoms with Crippen molar-refractivity contribution < 1.29 is 14.7 Å². The molecule has 0 spiro atoms. The summed E-state index contributed by atoms with van der Waals surface area (Å²) in [4.78, 5) is 24.0. The number of carboxylic acid groups (broad SMARTS) is 1. The highest BCUT2D eigenvalue weighted by Crippen LogP contribution is 2.21. The van der Waals surface area contributed by atoms with Crippen LogP contribution in [0.25, 0.3) is 0 Å². The first-order chi connectivity index (χ1) is 8.43. The normalized spacial score (nSPS) is 11.9. The van der Waals surface area contributed by atoms with Gasteiger partial charge in [0.05, 0.1) is 3.79 Å². The van der Waals surface area contributed by atoms with Crippen LogP contribution in [0.4, 0.5) is 4.79 Å². The van der Waals surface area contributed by atoms with Gasteiger partial charge < -0.3 is 15.3 Å². The van der Waals surface area contributed by atoms with E-state index in [1.165, 1.54) is 4.90 Å². The molecule has 7 heteroatoms. The molecule has 0 fully saturated rings. The van der Waals surface area contributed by atoms with E-state index in [0.717, 1.165) is 9.35 Å². The molecule has 0 radical (unpaired) electrons. The topological polar surface area (TPSA) is 69.6 Å². The van der Waals surface area contributed by atoms with Crippen LogP contribution >= 0.6 is 27.3 Å². The molecule has 5 nitrogen and oxygen atoms in total. The maximum Gasteiger partial charge on any atom is 0.326 e. The number of nitrogens with one attached hydrogen (secondary N) is 1. The first-order valence-corrected chi connectivity index (χ1v) is 7.08. The number of carbonyl (C=O) groups is 2. The van der Waals surface area contributed by atoms with E-state index in [0.29, 0.717) is 13.0 Å². The van der Waals surface area contributed by atoms with Crippen molar-refractivity contribution in [1.29, 1.82) is 0 Å². The Morgan fingerprint density at radius 3 is 2.72 bits per heavy atom. The Morgan fingerprint density at radius 1 is 1.61 bits per heavy atom. The summed E-state index contributed by atoms with van der Waals surface area (Å²) in [6.07, 6.45) is 0.360. The molecule has 1 heterocycles. The minimum atomic E-state index is -1.02. The highest BCUT2D eigenvalue weighted by atomic mass is 79.9. The number of thiophene rings is 1. The smallest absolute Gasteiger partial charge is 0.326 e. The molecule has 0 aliphatic heterocycles. The molecule has 1 rings (SSSR count). The van der Waals surface area contributed by atoms with Crippen molar-refractivity contribution in [1.82, 2.24) is 10.2 Å². The standard InChI is InChI=1S/C11H15BrN2O3S/c1-3-8(10(15)16)13-11(17)14(2)5-7-4-9(12)18-6-7/h4,6,8H,3,5H2,1-2H3,(H,13,17)(H,15,16)/t8-/m0/s1. The molecule has 1 atom stereocenters. The molecule has 0 aliphatic rings. The van der Waals surface area contributed by atoms with Crippen molar-refractivity contribution in [2.45, 2.75) is 25.9 Å². The Bertz CT molecular complexity index is 436. The fraction of sp³-hybridized carbons (Fsp3) is 0.455. The van der Waals surface area contributed by atoms with Gasteiger partial charge in [0.15, 0.2) is 0 Å². The second-order valence-corrected chi connectivity index (χ2v) is 6.15. The highest BCUT2D eigenvalue weighted by molar-refractivity contribution is 9.11. The number of aliphatic carboxylic acids is 1. The summed E-state index contributed by atoms with van der Waals surface area (Å²) in [6, 6.07) is 0.712. The second-order valence-electron chi connectivity index (χ2n) is 3.86. The summed E-state index contributed by atoms with van der Waals surface area (Å²) in [5, 5.41) is 13.3. The van der Waals surface area contributed by atoms with Gasteiger partial charge in [-0.25, -0.2) is 9.59 Å². The SMILES string of the molecule is CC[C@H](NC(=O)N(C)Cc1csc(Br)c1)C(=O)O. The third kappa shape index (κ3) is 4.30. The third-order valence-electron chi connectivity index (χ3n) is 2.39. The first kappa shape index (κ1) is 15.0. The maximum absolute atomic E-state index is 11.8. The Morgan fingerprint density at radius 2 is 2.28 bits per heavy atom. The molecule has 0 aromatic carbocycles. The monoisotopic (exact) mass is 334 g/mol. The molecule has 0 aliphatic carbocycles. The minimum absolute atomic E-state index is 0.360. The molecule has 0 unspecified atom stereocenters. The Kier molecular flexibility index (Phi) is 5.61. The van der Waals surface area contributed by atoms with Crippen molar-refractivity contribution >= 4 is 39.3 Å². The maximum atomic E-state index is 11.8. The van der Waals surface area contributed by atoms with Gasteiger partial charge in [0.25, 0.3) is 0 Å². The van der Waals surface area contributed by atoms with Crippen LogP contribution in [0.15, 0.2) is 15.2 Å². The van der Waals surface area contributed by atoms with E-state index >= 15 is 0 Å². The fourth-order valence-corrected chi connectivity index (χ4v) is 2.57. The number of hydrogen-bond donors (Lipinski definition) is 2. The van der Waals surface area contributed by atoms with Crippen LogP contribution in [0.3, 0.4) is 0 Å². The summed E-state index contributed by atoms with van der Waals surface area (Å²) in [5.74, 6) is -1.02. The van der Waals surface area contributed by atoms with Gasteiger partial charge in [-0.15, -0.1) is 11.3 Å². The molecule has 0 saturated heterocycles. The van der Waals surface area contributed by atoms with Crippen LogP contribution in [-0.2, 0) is 11.3 Å². The molecule has 18 heavy (non-hydrogen) atoms. The number of rotatable bonds is 5. The highest BCUT2D eigenvalue weighted by Gasteiger charge is 2.19. The number of nitrogens with zero attached hydrogens (tertiary/aromatic N) is 1. The van der Waals surface area contributed by atoms with E-state index in [1.807, 2.05) is 11.4 Å². The van der Waals surface area contributed by atoms with Gasteiger partial charge in [-0.1, -0.05) is 6.92 Å². The quantitative estimate of drug-likeness (QED) is 0.869. The zero-order chi connectivity index (χ0) is 13.7. The van der Waals surface area contributed by atoms with Crippen LogP contribution in [0, 0.1) is 0 Å². The number of amides is 2. The van der Waals surface area contributed by atoms with E-state index < -0.39 is 12.0 Å². The van der Waals surface area contributed by atoms with Crippen LogP contribution in [-0.4, -0.2) is 35.1 Å². The van der Waals surface area contributed by atoms with E-state index in [-0.39, 0.29) is 6.03 Å².